The fraction of sp³-hybridized carbons (Fsp3) is 0.900. The molecule has 14 heavy (non-hydrogen) atoms. The van der Waals surface area contributed by atoms with E-state index in [0.29, 0.717) is 6.54 Å². The van der Waals surface area contributed by atoms with Crippen LogP contribution in [-0.4, -0.2) is 35.1 Å². The predicted octanol–water partition coefficient (Wildman–Crippen LogP) is 2.62. The number of amides is 1. The second-order valence-corrected chi connectivity index (χ2v) is 5.28. The molecule has 1 aliphatic heterocycles. The molecule has 0 N–H and O–H groups in total. The zero-order valence-corrected chi connectivity index (χ0v) is 9.80. The van der Waals surface area contributed by atoms with E-state index in [4.69, 9.17) is 16.3 Å². The normalized spacial score (nSPS) is 23.4. The number of halogens is 1. The summed E-state index contributed by atoms with van der Waals surface area (Å²) in [7, 11) is 0. The third-order valence-corrected chi connectivity index (χ3v) is 2.37. The molecule has 1 heterocycles. The second kappa shape index (κ2) is 4.39. The van der Waals surface area contributed by atoms with Crippen LogP contribution in [0.15, 0.2) is 0 Å². The third kappa shape index (κ3) is 3.74. The van der Waals surface area contributed by atoms with Crippen molar-refractivity contribution in [1.29, 1.82) is 0 Å². The Labute approximate surface area is 90.4 Å². The number of hydrogen-bond acceptors (Lipinski definition) is 2. The molecule has 1 rings (SSSR count). The average Bonchev–Trinajstić information content (AvgIpc) is 2.01. The van der Waals surface area contributed by atoms with Crippen LogP contribution in [0.5, 0.6) is 0 Å². The van der Waals surface area contributed by atoms with Crippen molar-refractivity contribution in [2.45, 2.75) is 44.6 Å². The lowest BCUT2D eigenvalue weighted by Gasteiger charge is -2.31. The molecule has 0 radical (unpaired) electrons. The van der Waals surface area contributed by atoms with Crippen molar-refractivity contribution in [3.63, 3.8) is 0 Å². The maximum Gasteiger partial charge on any atom is 0.410 e. The molecule has 82 valence electrons. The first-order valence-corrected chi connectivity index (χ1v) is 5.44. The van der Waals surface area contributed by atoms with Gasteiger partial charge in [-0.25, -0.2) is 4.79 Å². The fourth-order valence-corrected chi connectivity index (χ4v) is 1.74. The Morgan fingerprint density at radius 2 is 2.14 bits per heavy atom. The van der Waals surface area contributed by atoms with E-state index in [0.717, 1.165) is 19.4 Å². The maximum atomic E-state index is 11.6. The molecule has 1 unspecified atom stereocenters. The quantitative estimate of drug-likeness (QED) is 0.587. The van der Waals surface area contributed by atoms with Gasteiger partial charge in [0.25, 0.3) is 0 Å². The molecule has 3 nitrogen and oxygen atoms in total. The standard InChI is InChI=1S/C10H18ClNO2/c1-10(2,3)14-9(13)12-6-4-5-8(11)7-12/h8H,4-7H2,1-3H3. The molecule has 0 aromatic rings. The smallest absolute Gasteiger partial charge is 0.410 e. The molecule has 0 aromatic heterocycles. The number of piperidine rings is 1. The van der Waals surface area contributed by atoms with Gasteiger partial charge in [0.05, 0.1) is 5.38 Å². The lowest BCUT2D eigenvalue weighted by molar-refractivity contribution is 0.0219. The number of likely N-dealkylation sites (tertiary alicyclic amines) is 1. The monoisotopic (exact) mass is 219 g/mol. The summed E-state index contributed by atoms with van der Waals surface area (Å²) in [6, 6.07) is 0. The van der Waals surface area contributed by atoms with Gasteiger partial charge in [0, 0.05) is 13.1 Å². The summed E-state index contributed by atoms with van der Waals surface area (Å²) in [6.07, 6.45) is 1.71. The van der Waals surface area contributed by atoms with E-state index < -0.39 is 5.60 Å². The summed E-state index contributed by atoms with van der Waals surface area (Å²) in [4.78, 5) is 13.3. The van der Waals surface area contributed by atoms with Crippen molar-refractivity contribution in [3.8, 4) is 0 Å². The number of hydrogen-bond donors (Lipinski definition) is 0. The number of nitrogens with zero attached hydrogens (tertiary/aromatic N) is 1. The Hall–Kier alpha value is -0.440. The third-order valence-electron chi connectivity index (χ3n) is 2.02. The highest BCUT2D eigenvalue weighted by Crippen LogP contribution is 2.17. The Kier molecular flexibility index (Phi) is 3.65. The lowest BCUT2D eigenvalue weighted by Crippen LogP contribution is -2.43. The van der Waals surface area contributed by atoms with E-state index in [-0.39, 0.29) is 11.5 Å². The van der Waals surface area contributed by atoms with Crippen LogP contribution in [0.2, 0.25) is 0 Å². The summed E-state index contributed by atoms with van der Waals surface area (Å²) in [5.74, 6) is 0. The summed E-state index contributed by atoms with van der Waals surface area (Å²) >= 11 is 5.98. The molecule has 1 atom stereocenters. The van der Waals surface area contributed by atoms with Crippen molar-refractivity contribution in [2.24, 2.45) is 0 Å². The van der Waals surface area contributed by atoms with E-state index >= 15 is 0 Å². The summed E-state index contributed by atoms with van der Waals surface area (Å²) in [6.45, 7) is 6.97. The van der Waals surface area contributed by atoms with Crippen LogP contribution in [0, 0.1) is 0 Å². The number of carbonyl (C=O) groups excluding carboxylic acids is 1. The van der Waals surface area contributed by atoms with Gasteiger partial charge in [0.1, 0.15) is 5.60 Å². The van der Waals surface area contributed by atoms with E-state index in [9.17, 15) is 4.79 Å². The van der Waals surface area contributed by atoms with Crippen molar-refractivity contribution >= 4 is 17.7 Å². The molecule has 0 aromatic carbocycles. The number of carbonyl (C=O) groups is 1. The minimum atomic E-state index is -0.420. The van der Waals surface area contributed by atoms with Crippen molar-refractivity contribution in [2.75, 3.05) is 13.1 Å². The molecule has 4 heteroatoms. The Bertz CT molecular complexity index is 213. The Morgan fingerprint density at radius 3 is 2.64 bits per heavy atom. The minimum absolute atomic E-state index is 0.0799. The van der Waals surface area contributed by atoms with Gasteiger partial charge in [-0.15, -0.1) is 11.6 Å². The van der Waals surface area contributed by atoms with Crippen molar-refractivity contribution in [3.05, 3.63) is 0 Å². The average molecular weight is 220 g/mol. The van der Waals surface area contributed by atoms with E-state index in [2.05, 4.69) is 0 Å². The van der Waals surface area contributed by atoms with Gasteiger partial charge in [-0.2, -0.15) is 0 Å². The van der Waals surface area contributed by atoms with Crippen molar-refractivity contribution < 1.29 is 9.53 Å². The first-order valence-electron chi connectivity index (χ1n) is 5.00. The highest BCUT2D eigenvalue weighted by molar-refractivity contribution is 6.20. The largest absolute Gasteiger partial charge is 0.444 e. The van der Waals surface area contributed by atoms with Gasteiger partial charge in [0.15, 0.2) is 0 Å². The molecule has 0 bridgehead atoms. The minimum Gasteiger partial charge on any atom is -0.444 e. The zero-order valence-electron chi connectivity index (χ0n) is 9.05. The van der Waals surface area contributed by atoms with Crippen LogP contribution in [0.3, 0.4) is 0 Å². The molecule has 0 aliphatic carbocycles. The molecule has 0 saturated carbocycles. The van der Waals surface area contributed by atoms with Gasteiger partial charge >= 0.3 is 6.09 Å². The van der Waals surface area contributed by atoms with Crippen LogP contribution < -0.4 is 0 Å². The lowest BCUT2D eigenvalue weighted by atomic mass is 10.1. The van der Waals surface area contributed by atoms with Crippen molar-refractivity contribution in [1.82, 2.24) is 4.90 Å². The summed E-state index contributed by atoms with van der Waals surface area (Å²) in [5.41, 5.74) is -0.420. The van der Waals surface area contributed by atoms with Gasteiger partial charge in [-0.05, 0) is 33.6 Å². The van der Waals surface area contributed by atoms with Gasteiger partial charge in [-0.1, -0.05) is 0 Å². The SMILES string of the molecule is CC(C)(C)OC(=O)N1CCCC(Cl)C1. The summed E-state index contributed by atoms with van der Waals surface area (Å²) < 4.78 is 5.25. The topological polar surface area (TPSA) is 29.5 Å². The molecular weight excluding hydrogens is 202 g/mol. The first kappa shape index (κ1) is 11.6. The summed E-state index contributed by atoms with van der Waals surface area (Å²) in [5, 5.41) is 0.0799. The maximum absolute atomic E-state index is 11.6. The van der Waals surface area contributed by atoms with Crippen LogP contribution >= 0.6 is 11.6 Å². The number of rotatable bonds is 0. The van der Waals surface area contributed by atoms with E-state index in [1.807, 2.05) is 20.8 Å². The second-order valence-electron chi connectivity index (χ2n) is 4.67. The zero-order chi connectivity index (χ0) is 10.8. The molecule has 1 saturated heterocycles. The van der Waals surface area contributed by atoms with Gasteiger partial charge in [-0.3, -0.25) is 0 Å². The number of alkyl halides is 1. The molecule has 0 spiro atoms. The van der Waals surface area contributed by atoms with Crippen LogP contribution in [-0.2, 0) is 4.74 Å². The Balaban J connectivity index is 2.44. The predicted molar refractivity (Wildman–Crippen MR) is 56.7 cm³/mol. The molecule has 1 aliphatic rings. The molecule has 1 fully saturated rings. The van der Waals surface area contributed by atoms with Gasteiger partial charge in [0.2, 0.25) is 0 Å². The highest BCUT2D eigenvalue weighted by Gasteiger charge is 2.26. The fourth-order valence-electron chi connectivity index (χ4n) is 1.42. The van der Waals surface area contributed by atoms with Crippen LogP contribution in [0.1, 0.15) is 33.6 Å². The van der Waals surface area contributed by atoms with E-state index in [1.165, 1.54) is 0 Å². The number of ether oxygens (including phenoxy) is 1. The first-order chi connectivity index (χ1) is 6.38. The molecular formula is C10H18ClNO2. The van der Waals surface area contributed by atoms with Gasteiger partial charge < -0.3 is 9.64 Å². The van der Waals surface area contributed by atoms with E-state index in [1.54, 1.807) is 4.90 Å². The van der Waals surface area contributed by atoms with Crippen LogP contribution in [0.4, 0.5) is 4.79 Å². The van der Waals surface area contributed by atoms with Crippen LogP contribution in [0.25, 0.3) is 0 Å². The highest BCUT2D eigenvalue weighted by atomic mass is 35.5. The Morgan fingerprint density at radius 1 is 1.50 bits per heavy atom. The molecule has 1 amide bonds.